The Morgan fingerprint density at radius 1 is 1.31 bits per heavy atom. The molecule has 0 saturated heterocycles. The van der Waals surface area contributed by atoms with E-state index in [4.69, 9.17) is 0 Å². The van der Waals surface area contributed by atoms with Gasteiger partial charge in [0.15, 0.2) is 0 Å². The van der Waals surface area contributed by atoms with E-state index >= 15 is 0 Å². The Balaban J connectivity index is 2.85. The highest BCUT2D eigenvalue weighted by atomic mass is 19.1. The highest BCUT2D eigenvalue weighted by molar-refractivity contribution is 5.83. The number of aliphatic imine (C=N–C) groups is 2. The third-order valence-corrected chi connectivity index (χ3v) is 2.56. The lowest BCUT2D eigenvalue weighted by Crippen LogP contribution is -2.21. The Morgan fingerprint density at radius 2 is 1.88 bits per heavy atom. The molecule has 0 aliphatic rings. The van der Waals surface area contributed by atoms with Crippen molar-refractivity contribution in [1.82, 2.24) is 0 Å². The number of rotatable bonds is 3. The van der Waals surface area contributed by atoms with Gasteiger partial charge in [0.1, 0.15) is 11.7 Å². The van der Waals surface area contributed by atoms with Gasteiger partial charge in [0, 0.05) is 5.41 Å². The summed E-state index contributed by atoms with van der Waals surface area (Å²) in [5, 5.41) is 0. The third kappa shape index (κ3) is 3.26. The Kier molecular flexibility index (Phi) is 3.93. The molecule has 0 spiro atoms. The molecule has 0 saturated carbocycles. The van der Waals surface area contributed by atoms with Crippen molar-refractivity contribution in [2.45, 2.75) is 26.2 Å². The largest absolute Gasteiger partial charge is 0.270 e. The maximum atomic E-state index is 12.8. The van der Waals surface area contributed by atoms with Crippen LogP contribution in [0.15, 0.2) is 34.3 Å². The molecule has 0 aliphatic carbocycles. The fourth-order valence-corrected chi connectivity index (χ4v) is 1.35. The summed E-state index contributed by atoms with van der Waals surface area (Å²) in [6.45, 7) is 9.98. The van der Waals surface area contributed by atoms with Crippen LogP contribution in [0.1, 0.15) is 26.3 Å². The quantitative estimate of drug-likeness (QED) is 0.552. The fourth-order valence-electron chi connectivity index (χ4n) is 1.35. The molecule has 0 fully saturated rings. The van der Waals surface area contributed by atoms with Gasteiger partial charge in [0.2, 0.25) is 0 Å². The Labute approximate surface area is 95.9 Å². The number of hydrogen-bond acceptors (Lipinski definition) is 1. The first kappa shape index (κ1) is 12.6. The smallest absolute Gasteiger partial charge is 0.123 e. The molecule has 1 rings (SSSR count). The van der Waals surface area contributed by atoms with Gasteiger partial charge < -0.3 is 0 Å². The summed E-state index contributed by atoms with van der Waals surface area (Å²) in [7, 11) is 0. The molecule has 86 valence electrons. The van der Waals surface area contributed by atoms with Crippen molar-refractivity contribution in [2.75, 3.05) is 6.54 Å². The summed E-state index contributed by atoms with van der Waals surface area (Å²) in [4.78, 5) is 8.05. The molecule has 0 aliphatic heterocycles. The van der Waals surface area contributed by atoms with Gasteiger partial charge in [-0.1, -0.05) is 26.0 Å². The first-order valence-electron chi connectivity index (χ1n) is 5.19. The zero-order chi connectivity index (χ0) is 12.2. The van der Waals surface area contributed by atoms with Crippen molar-refractivity contribution >= 4 is 12.6 Å². The summed E-state index contributed by atoms with van der Waals surface area (Å²) in [5.74, 6) is 0.460. The molecular formula is C13H17FN2. The summed E-state index contributed by atoms with van der Waals surface area (Å²) in [6.07, 6.45) is 0. The monoisotopic (exact) mass is 220 g/mol. The van der Waals surface area contributed by atoms with Gasteiger partial charge >= 0.3 is 0 Å². The molecule has 3 heteroatoms. The van der Waals surface area contributed by atoms with Crippen molar-refractivity contribution < 1.29 is 4.39 Å². The minimum absolute atomic E-state index is 0.125. The van der Waals surface area contributed by atoms with E-state index < -0.39 is 0 Å². The lowest BCUT2D eigenvalue weighted by molar-refractivity contribution is 0.537. The second-order valence-corrected chi connectivity index (χ2v) is 4.41. The number of amidine groups is 1. The van der Waals surface area contributed by atoms with E-state index in [1.165, 1.54) is 12.1 Å². The van der Waals surface area contributed by atoms with E-state index in [-0.39, 0.29) is 11.2 Å². The van der Waals surface area contributed by atoms with E-state index in [2.05, 4.69) is 30.5 Å². The van der Waals surface area contributed by atoms with Crippen LogP contribution in [-0.2, 0) is 5.41 Å². The van der Waals surface area contributed by atoms with Crippen LogP contribution in [0.25, 0.3) is 0 Å². The maximum Gasteiger partial charge on any atom is 0.123 e. The van der Waals surface area contributed by atoms with E-state index in [1.54, 1.807) is 12.1 Å². The van der Waals surface area contributed by atoms with Crippen molar-refractivity contribution in [3.8, 4) is 0 Å². The maximum absolute atomic E-state index is 12.8. The lowest BCUT2D eigenvalue weighted by atomic mass is 9.85. The van der Waals surface area contributed by atoms with Crippen LogP contribution >= 0.6 is 0 Å². The number of benzene rings is 1. The predicted molar refractivity (Wildman–Crippen MR) is 67.0 cm³/mol. The second-order valence-electron chi connectivity index (χ2n) is 4.41. The van der Waals surface area contributed by atoms with Crippen LogP contribution in [0.5, 0.6) is 0 Å². The summed E-state index contributed by atoms with van der Waals surface area (Å²) >= 11 is 0. The highest BCUT2D eigenvalue weighted by Gasteiger charge is 2.19. The topological polar surface area (TPSA) is 24.7 Å². The van der Waals surface area contributed by atoms with Gasteiger partial charge in [0.25, 0.3) is 0 Å². The molecule has 1 aromatic rings. The van der Waals surface area contributed by atoms with Gasteiger partial charge in [-0.2, -0.15) is 0 Å². The lowest BCUT2D eigenvalue weighted by Gasteiger charge is -2.23. The van der Waals surface area contributed by atoms with Crippen LogP contribution < -0.4 is 0 Å². The molecule has 0 amide bonds. The Bertz CT molecular complexity index is 391. The molecule has 0 aromatic heterocycles. The van der Waals surface area contributed by atoms with Gasteiger partial charge in [-0.05, 0) is 31.3 Å². The van der Waals surface area contributed by atoms with Crippen LogP contribution in [0.4, 0.5) is 4.39 Å². The zero-order valence-electron chi connectivity index (χ0n) is 10.00. The zero-order valence-corrected chi connectivity index (χ0v) is 10.00. The molecule has 0 heterocycles. The highest BCUT2D eigenvalue weighted by Crippen LogP contribution is 2.23. The van der Waals surface area contributed by atoms with Gasteiger partial charge in [-0.25, -0.2) is 9.38 Å². The second kappa shape index (κ2) is 5.01. The van der Waals surface area contributed by atoms with Crippen molar-refractivity contribution in [2.24, 2.45) is 9.98 Å². The van der Waals surface area contributed by atoms with Gasteiger partial charge in [0.05, 0.1) is 6.54 Å². The summed E-state index contributed by atoms with van der Waals surface area (Å²) < 4.78 is 12.8. The molecule has 2 nitrogen and oxygen atoms in total. The Hall–Kier alpha value is -1.51. The third-order valence-electron chi connectivity index (χ3n) is 2.56. The number of nitrogens with zero attached hydrogens (tertiary/aromatic N) is 2. The Morgan fingerprint density at radius 3 is 2.38 bits per heavy atom. The van der Waals surface area contributed by atoms with E-state index in [9.17, 15) is 4.39 Å². The van der Waals surface area contributed by atoms with Gasteiger partial charge in [-0.15, -0.1) is 0 Å². The van der Waals surface area contributed by atoms with E-state index in [0.29, 0.717) is 12.4 Å². The normalized spacial score (nSPS) is 12.6. The number of hydrogen-bond donors (Lipinski definition) is 0. The molecule has 0 N–H and O–H groups in total. The SMILES string of the molecule is C=NC(C)=NCC(C)(C)c1ccc(F)cc1. The summed E-state index contributed by atoms with van der Waals surface area (Å²) in [5.41, 5.74) is 0.939. The molecule has 16 heavy (non-hydrogen) atoms. The molecule has 0 unspecified atom stereocenters. The van der Waals surface area contributed by atoms with Crippen molar-refractivity contribution in [3.05, 3.63) is 35.6 Å². The first-order chi connectivity index (χ1) is 7.45. The van der Waals surface area contributed by atoms with Crippen LogP contribution in [0, 0.1) is 5.82 Å². The van der Waals surface area contributed by atoms with Crippen LogP contribution in [0.2, 0.25) is 0 Å². The minimum Gasteiger partial charge on any atom is -0.270 e. The van der Waals surface area contributed by atoms with E-state index in [0.717, 1.165) is 5.56 Å². The average molecular weight is 220 g/mol. The first-order valence-corrected chi connectivity index (χ1v) is 5.19. The van der Waals surface area contributed by atoms with Crippen molar-refractivity contribution in [1.29, 1.82) is 0 Å². The van der Waals surface area contributed by atoms with Crippen molar-refractivity contribution in [3.63, 3.8) is 0 Å². The standard InChI is InChI=1S/C13H17FN2/c1-10(15-4)16-9-13(2,3)11-5-7-12(14)8-6-11/h5-8H,4,9H2,1-3H3. The average Bonchev–Trinajstić information content (AvgIpc) is 2.26. The number of halogens is 1. The molecule has 0 radical (unpaired) electrons. The fraction of sp³-hybridized carbons (Fsp3) is 0.385. The molecule has 1 aromatic carbocycles. The minimum atomic E-state index is -0.216. The molecular weight excluding hydrogens is 203 g/mol. The predicted octanol–water partition coefficient (Wildman–Crippen LogP) is 3.22. The molecule has 0 atom stereocenters. The van der Waals surface area contributed by atoms with Gasteiger partial charge in [-0.3, -0.25) is 4.99 Å². The van der Waals surface area contributed by atoms with Crippen LogP contribution in [-0.4, -0.2) is 19.1 Å². The summed E-state index contributed by atoms with van der Waals surface area (Å²) in [6, 6.07) is 6.53. The van der Waals surface area contributed by atoms with E-state index in [1.807, 2.05) is 6.92 Å². The molecule has 0 bridgehead atoms. The van der Waals surface area contributed by atoms with Crippen LogP contribution in [0.3, 0.4) is 0 Å².